The van der Waals surface area contributed by atoms with Crippen LogP contribution in [-0.2, 0) is 6.42 Å². The molecule has 0 spiro atoms. The van der Waals surface area contributed by atoms with E-state index < -0.39 is 0 Å². The summed E-state index contributed by atoms with van der Waals surface area (Å²) in [5, 5.41) is 0. The molecule has 0 fully saturated rings. The van der Waals surface area contributed by atoms with Gasteiger partial charge in [-0.2, -0.15) is 0 Å². The van der Waals surface area contributed by atoms with E-state index >= 15 is 0 Å². The van der Waals surface area contributed by atoms with Crippen LogP contribution in [0.3, 0.4) is 0 Å². The quantitative estimate of drug-likeness (QED) is 0.903. The van der Waals surface area contributed by atoms with E-state index in [1.165, 1.54) is 11.6 Å². The predicted octanol–water partition coefficient (Wildman–Crippen LogP) is 4.04. The second-order valence-electron chi connectivity index (χ2n) is 5.46. The number of hydrogen-bond acceptors (Lipinski definition) is 2. The SMILES string of the molecule is NC(CCN1CCc2ccc(F)cc21)c1cccc(Br)c1. The van der Waals surface area contributed by atoms with Crippen LogP contribution < -0.4 is 10.6 Å². The van der Waals surface area contributed by atoms with Crippen LogP contribution in [-0.4, -0.2) is 13.1 Å². The number of fused-ring (bicyclic) bond motifs is 1. The molecule has 0 radical (unpaired) electrons. The Labute approximate surface area is 132 Å². The average molecular weight is 349 g/mol. The molecule has 110 valence electrons. The van der Waals surface area contributed by atoms with E-state index in [2.05, 4.69) is 26.9 Å². The number of halogens is 2. The minimum absolute atomic E-state index is 0.000101. The van der Waals surface area contributed by atoms with Gasteiger partial charge in [-0.3, -0.25) is 0 Å². The molecule has 1 aliphatic heterocycles. The highest BCUT2D eigenvalue weighted by Gasteiger charge is 2.20. The van der Waals surface area contributed by atoms with E-state index in [1.54, 1.807) is 6.07 Å². The molecule has 2 nitrogen and oxygen atoms in total. The zero-order valence-electron chi connectivity index (χ0n) is 11.7. The van der Waals surface area contributed by atoms with Gasteiger partial charge < -0.3 is 10.6 Å². The molecule has 1 heterocycles. The summed E-state index contributed by atoms with van der Waals surface area (Å²) < 4.78 is 14.4. The molecule has 2 N–H and O–H groups in total. The maximum absolute atomic E-state index is 13.4. The van der Waals surface area contributed by atoms with Crippen LogP contribution in [0.1, 0.15) is 23.6 Å². The highest BCUT2D eigenvalue weighted by molar-refractivity contribution is 9.10. The van der Waals surface area contributed by atoms with Crippen LogP contribution >= 0.6 is 15.9 Å². The average Bonchev–Trinajstić information content (AvgIpc) is 2.87. The van der Waals surface area contributed by atoms with Crippen molar-refractivity contribution in [3.8, 4) is 0 Å². The second-order valence-corrected chi connectivity index (χ2v) is 6.38. The van der Waals surface area contributed by atoms with Gasteiger partial charge in [-0.1, -0.05) is 34.1 Å². The molecule has 1 atom stereocenters. The summed E-state index contributed by atoms with van der Waals surface area (Å²) in [6.07, 6.45) is 1.84. The third kappa shape index (κ3) is 3.27. The van der Waals surface area contributed by atoms with E-state index in [0.29, 0.717) is 0 Å². The first-order valence-corrected chi connectivity index (χ1v) is 7.97. The molecule has 0 saturated carbocycles. The molecule has 0 aromatic heterocycles. The lowest BCUT2D eigenvalue weighted by Crippen LogP contribution is -2.25. The van der Waals surface area contributed by atoms with E-state index in [4.69, 9.17) is 5.73 Å². The summed E-state index contributed by atoms with van der Waals surface area (Å²) in [6, 6.07) is 13.2. The molecule has 3 rings (SSSR count). The van der Waals surface area contributed by atoms with Crippen molar-refractivity contribution in [3.63, 3.8) is 0 Å². The summed E-state index contributed by atoms with van der Waals surface area (Å²) in [5.74, 6) is -0.170. The van der Waals surface area contributed by atoms with Gasteiger partial charge in [0.05, 0.1) is 0 Å². The lowest BCUT2D eigenvalue weighted by molar-refractivity contribution is 0.622. The fourth-order valence-corrected chi connectivity index (χ4v) is 3.27. The zero-order chi connectivity index (χ0) is 14.8. The van der Waals surface area contributed by atoms with Crippen molar-refractivity contribution in [1.82, 2.24) is 0 Å². The summed E-state index contributed by atoms with van der Waals surface area (Å²) in [6.45, 7) is 1.80. The summed E-state index contributed by atoms with van der Waals surface area (Å²) >= 11 is 3.47. The van der Waals surface area contributed by atoms with E-state index in [-0.39, 0.29) is 11.9 Å². The molecular weight excluding hydrogens is 331 g/mol. The largest absolute Gasteiger partial charge is 0.371 e. The normalized spacial score (nSPS) is 15.1. The summed E-state index contributed by atoms with van der Waals surface area (Å²) in [4.78, 5) is 2.23. The highest BCUT2D eigenvalue weighted by atomic mass is 79.9. The Balaban J connectivity index is 1.66. The van der Waals surface area contributed by atoms with Crippen molar-refractivity contribution in [3.05, 3.63) is 63.9 Å². The number of hydrogen-bond donors (Lipinski definition) is 1. The number of benzene rings is 2. The Morgan fingerprint density at radius 1 is 1.24 bits per heavy atom. The maximum atomic E-state index is 13.4. The van der Waals surface area contributed by atoms with Crippen LogP contribution in [0, 0.1) is 5.82 Å². The van der Waals surface area contributed by atoms with Crippen molar-refractivity contribution >= 4 is 21.6 Å². The minimum Gasteiger partial charge on any atom is -0.371 e. The van der Waals surface area contributed by atoms with Crippen molar-refractivity contribution in [2.75, 3.05) is 18.0 Å². The second kappa shape index (κ2) is 6.16. The molecule has 1 aliphatic rings. The van der Waals surface area contributed by atoms with Crippen molar-refractivity contribution in [2.45, 2.75) is 18.9 Å². The molecule has 0 bridgehead atoms. The van der Waals surface area contributed by atoms with Crippen molar-refractivity contribution in [2.24, 2.45) is 5.73 Å². The van der Waals surface area contributed by atoms with Gasteiger partial charge in [-0.15, -0.1) is 0 Å². The van der Waals surface area contributed by atoms with Crippen molar-refractivity contribution < 1.29 is 4.39 Å². The standard InChI is InChI=1S/C17H18BrFN2/c18-14-3-1-2-13(10-14)16(20)7-9-21-8-6-12-4-5-15(19)11-17(12)21/h1-5,10-11,16H,6-9,20H2. The lowest BCUT2D eigenvalue weighted by atomic mass is 10.0. The smallest absolute Gasteiger partial charge is 0.125 e. The molecule has 0 aliphatic carbocycles. The van der Waals surface area contributed by atoms with Gasteiger partial charge >= 0.3 is 0 Å². The minimum atomic E-state index is -0.170. The van der Waals surface area contributed by atoms with E-state index in [0.717, 1.165) is 41.7 Å². The van der Waals surface area contributed by atoms with Crippen LogP contribution in [0.4, 0.5) is 10.1 Å². The number of nitrogens with zero attached hydrogens (tertiary/aromatic N) is 1. The number of rotatable bonds is 4. The van der Waals surface area contributed by atoms with Gasteiger partial charge in [-0.05, 0) is 48.2 Å². The molecule has 2 aromatic rings. The molecule has 2 aromatic carbocycles. The fraction of sp³-hybridized carbons (Fsp3) is 0.294. The first-order chi connectivity index (χ1) is 10.1. The Kier molecular flexibility index (Phi) is 4.27. The van der Waals surface area contributed by atoms with E-state index in [1.807, 2.05) is 24.3 Å². The van der Waals surface area contributed by atoms with Crippen LogP contribution in [0.5, 0.6) is 0 Å². The highest BCUT2D eigenvalue weighted by Crippen LogP contribution is 2.29. The molecule has 1 unspecified atom stereocenters. The Morgan fingerprint density at radius 2 is 2.10 bits per heavy atom. The first kappa shape index (κ1) is 14.5. The third-order valence-electron chi connectivity index (χ3n) is 4.03. The number of anilines is 1. The van der Waals surface area contributed by atoms with Gasteiger partial charge in [0.25, 0.3) is 0 Å². The third-order valence-corrected chi connectivity index (χ3v) is 4.52. The van der Waals surface area contributed by atoms with Gasteiger partial charge in [0.15, 0.2) is 0 Å². The maximum Gasteiger partial charge on any atom is 0.125 e. The monoisotopic (exact) mass is 348 g/mol. The fourth-order valence-electron chi connectivity index (χ4n) is 2.85. The van der Waals surface area contributed by atoms with Crippen molar-refractivity contribution in [1.29, 1.82) is 0 Å². The number of nitrogens with two attached hydrogens (primary N) is 1. The summed E-state index contributed by atoms with van der Waals surface area (Å²) in [7, 11) is 0. The zero-order valence-corrected chi connectivity index (χ0v) is 13.3. The van der Waals surface area contributed by atoms with Crippen LogP contribution in [0.15, 0.2) is 46.9 Å². The Bertz CT molecular complexity index is 644. The molecule has 21 heavy (non-hydrogen) atoms. The lowest BCUT2D eigenvalue weighted by Gasteiger charge is -2.22. The van der Waals surface area contributed by atoms with Gasteiger partial charge in [0.1, 0.15) is 5.82 Å². The molecule has 0 amide bonds. The first-order valence-electron chi connectivity index (χ1n) is 7.18. The Hall–Kier alpha value is -1.39. The predicted molar refractivity (Wildman–Crippen MR) is 88.0 cm³/mol. The van der Waals surface area contributed by atoms with Gasteiger partial charge in [0, 0.05) is 29.3 Å². The van der Waals surface area contributed by atoms with E-state index in [9.17, 15) is 4.39 Å². The Morgan fingerprint density at radius 3 is 2.90 bits per heavy atom. The van der Waals surface area contributed by atoms with Crippen LogP contribution in [0.25, 0.3) is 0 Å². The van der Waals surface area contributed by atoms with Gasteiger partial charge in [0.2, 0.25) is 0 Å². The summed E-state index contributed by atoms with van der Waals surface area (Å²) in [5.41, 5.74) is 9.65. The van der Waals surface area contributed by atoms with Crippen LogP contribution in [0.2, 0.25) is 0 Å². The molecular formula is C17H18BrFN2. The molecule has 0 saturated heterocycles. The molecule has 4 heteroatoms. The topological polar surface area (TPSA) is 29.3 Å². The van der Waals surface area contributed by atoms with Gasteiger partial charge in [-0.25, -0.2) is 4.39 Å².